The number of piperazine rings is 1. The van der Waals surface area contributed by atoms with Gasteiger partial charge in [0.2, 0.25) is 0 Å². The molecule has 1 fully saturated rings. The number of nitrogens with one attached hydrogen (secondary N) is 1. The van der Waals surface area contributed by atoms with Crippen LogP contribution in [0.4, 0.5) is 5.69 Å². The summed E-state index contributed by atoms with van der Waals surface area (Å²) in [6.07, 6.45) is 0. The van der Waals surface area contributed by atoms with Gasteiger partial charge in [0, 0.05) is 30.9 Å². The van der Waals surface area contributed by atoms with E-state index in [2.05, 4.69) is 30.1 Å². The van der Waals surface area contributed by atoms with Gasteiger partial charge in [0.1, 0.15) is 6.07 Å². The lowest BCUT2D eigenvalue weighted by atomic mass is 10.1. The van der Waals surface area contributed by atoms with Gasteiger partial charge in [-0.2, -0.15) is 5.26 Å². The summed E-state index contributed by atoms with van der Waals surface area (Å²) in [4.78, 5) is 2.33. The Kier molecular flexibility index (Phi) is 3.56. The van der Waals surface area contributed by atoms with Crippen LogP contribution in [0.5, 0.6) is 0 Å². The molecule has 2 rings (SSSR count). The van der Waals surface area contributed by atoms with Gasteiger partial charge >= 0.3 is 0 Å². The highest BCUT2D eigenvalue weighted by Gasteiger charge is 2.22. The molecule has 2 unspecified atom stereocenters. The van der Waals surface area contributed by atoms with Gasteiger partial charge in [-0.25, -0.2) is 0 Å². The maximum atomic E-state index is 8.86. The van der Waals surface area contributed by atoms with Gasteiger partial charge in [-0.3, -0.25) is 0 Å². The first-order valence-electron chi connectivity index (χ1n) is 5.81. The van der Waals surface area contributed by atoms with Crippen LogP contribution in [0, 0.1) is 11.3 Å². The Bertz CT molecular complexity index is 452. The normalized spacial score (nSPS) is 24.5. The fourth-order valence-corrected chi connectivity index (χ4v) is 2.37. The lowest BCUT2D eigenvalue weighted by Gasteiger charge is -2.39. The van der Waals surface area contributed by atoms with E-state index in [9.17, 15) is 0 Å². The van der Waals surface area contributed by atoms with Crippen molar-refractivity contribution < 1.29 is 0 Å². The summed E-state index contributed by atoms with van der Waals surface area (Å²) in [6.45, 7) is 6.29. The molecule has 4 heteroatoms. The molecule has 1 aromatic rings. The van der Waals surface area contributed by atoms with Gasteiger partial charge in [-0.05, 0) is 32.0 Å². The summed E-state index contributed by atoms with van der Waals surface area (Å²) in [5.74, 6) is 0. The number of nitrogens with zero attached hydrogens (tertiary/aromatic N) is 2. The Morgan fingerprint density at radius 2 is 2.24 bits per heavy atom. The third-order valence-electron chi connectivity index (χ3n) is 3.17. The van der Waals surface area contributed by atoms with Crippen LogP contribution in [0.1, 0.15) is 19.4 Å². The van der Waals surface area contributed by atoms with Gasteiger partial charge in [-0.15, -0.1) is 0 Å². The summed E-state index contributed by atoms with van der Waals surface area (Å²) in [7, 11) is 0. The van der Waals surface area contributed by atoms with Crippen molar-refractivity contribution >= 4 is 17.3 Å². The standard InChI is InChI=1S/C13H16ClN3/c1-9-8-17(10(2)7-16-9)12-4-3-11(6-15)13(14)5-12/h3-5,9-10,16H,7-8H2,1-2H3. The van der Waals surface area contributed by atoms with Crippen LogP contribution < -0.4 is 10.2 Å². The number of anilines is 1. The molecular formula is C13H16ClN3. The molecule has 1 N–H and O–H groups in total. The molecule has 0 aliphatic carbocycles. The molecule has 17 heavy (non-hydrogen) atoms. The second kappa shape index (κ2) is 4.95. The topological polar surface area (TPSA) is 39.1 Å². The number of hydrogen-bond donors (Lipinski definition) is 1. The molecule has 90 valence electrons. The van der Waals surface area contributed by atoms with Crippen molar-refractivity contribution in [2.75, 3.05) is 18.0 Å². The number of halogens is 1. The van der Waals surface area contributed by atoms with E-state index >= 15 is 0 Å². The molecule has 1 heterocycles. The van der Waals surface area contributed by atoms with Crippen LogP contribution in [-0.4, -0.2) is 25.2 Å². The Labute approximate surface area is 107 Å². The molecule has 0 aromatic heterocycles. The maximum Gasteiger partial charge on any atom is 0.101 e. The predicted octanol–water partition coefficient (Wildman–Crippen LogP) is 2.40. The van der Waals surface area contributed by atoms with Crippen molar-refractivity contribution in [1.82, 2.24) is 5.32 Å². The predicted molar refractivity (Wildman–Crippen MR) is 70.4 cm³/mol. The third kappa shape index (κ3) is 2.54. The summed E-state index contributed by atoms with van der Waals surface area (Å²) in [6, 6.07) is 8.64. The highest BCUT2D eigenvalue weighted by Crippen LogP contribution is 2.25. The zero-order valence-electron chi connectivity index (χ0n) is 10.1. The van der Waals surface area contributed by atoms with Gasteiger partial charge in [0.25, 0.3) is 0 Å². The molecule has 2 atom stereocenters. The lowest BCUT2D eigenvalue weighted by Crippen LogP contribution is -2.54. The van der Waals surface area contributed by atoms with Crippen LogP contribution >= 0.6 is 11.6 Å². The van der Waals surface area contributed by atoms with Gasteiger partial charge in [0.15, 0.2) is 0 Å². The first-order valence-corrected chi connectivity index (χ1v) is 6.19. The van der Waals surface area contributed by atoms with E-state index in [4.69, 9.17) is 16.9 Å². The van der Waals surface area contributed by atoms with Gasteiger partial charge in [-0.1, -0.05) is 11.6 Å². The van der Waals surface area contributed by atoms with Crippen LogP contribution in [0.25, 0.3) is 0 Å². The van der Waals surface area contributed by atoms with E-state index < -0.39 is 0 Å². The Hall–Kier alpha value is -1.24. The highest BCUT2D eigenvalue weighted by molar-refractivity contribution is 6.32. The van der Waals surface area contributed by atoms with Crippen molar-refractivity contribution in [1.29, 1.82) is 5.26 Å². The number of nitriles is 1. The van der Waals surface area contributed by atoms with Crippen LogP contribution in [0.3, 0.4) is 0 Å². The molecule has 0 bridgehead atoms. The zero-order valence-corrected chi connectivity index (χ0v) is 10.8. The van der Waals surface area contributed by atoms with E-state index in [1.807, 2.05) is 12.1 Å². The smallest absolute Gasteiger partial charge is 0.101 e. The van der Waals surface area contributed by atoms with Crippen molar-refractivity contribution in [2.24, 2.45) is 0 Å². The quantitative estimate of drug-likeness (QED) is 0.831. The molecular weight excluding hydrogens is 234 g/mol. The largest absolute Gasteiger partial charge is 0.366 e. The first-order chi connectivity index (χ1) is 8.11. The summed E-state index contributed by atoms with van der Waals surface area (Å²) in [5, 5.41) is 12.8. The molecule has 0 spiro atoms. The summed E-state index contributed by atoms with van der Waals surface area (Å²) in [5.41, 5.74) is 1.63. The third-order valence-corrected chi connectivity index (χ3v) is 3.48. The fourth-order valence-electron chi connectivity index (χ4n) is 2.15. The van der Waals surface area contributed by atoms with E-state index in [0.717, 1.165) is 18.8 Å². The Balaban J connectivity index is 2.27. The highest BCUT2D eigenvalue weighted by atomic mass is 35.5. The molecule has 1 aliphatic heterocycles. The average molecular weight is 250 g/mol. The minimum absolute atomic E-state index is 0.440. The Morgan fingerprint density at radius 1 is 1.47 bits per heavy atom. The van der Waals surface area contributed by atoms with Crippen LogP contribution in [-0.2, 0) is 0 Å². The van der Waals surface area contributed by atoms with E-state index in [1.165, 1.54) is 0 Å². The Morgan fingerprint density at radius 3 is 2.88 bits per heavy atom. The summed E-state index contributed by atoms with van der Waals surface area (Å²) < 4.78 is 0. The van der Waals surface area contributed by atoms with Crippen LogP contribution in [0.2, 0.25) is 5.02 Å². The van der Waals surface area contributed by atoms with Crippen molar-refractivity contribution in [3.8, 4) is 6.07 Å². The SMILES string of the molecule is CC1CN(c2ccc(C#N)c(Cl)c2)C(C)CN1. The van der Waals surface area contributed by atoms with Crippen molar-refractivity contribution in [3.63, 3.8) is 0 Å². The van der Waals surface area contributed by atoms with Crippen molar-refractivity contribution in [2.45, 2.75) is 25.9 Å². The number of rotatable bonds is 1. The monoisotopic (exact) mass is 249 g/mol. The minimum Gasteiger partial charge on any atom is -0.366 e. The van der Waals surface area contributed by atoms with Gasteiger partial charge < -0.3 is 10.2 Å². The lowest BCUT2D eigenvalue weighted by molar-refractivity contribution is 0.425. The maximum absolute atomic E-state index is 8.86. The number of benzene rings is 1. The molecule has 0 radical (unpaired) electrons. The summed E-state index contributed by atoms with van der Waals surface area (Å²) >= 11 is 6.07. The van der Waals surface area contributed by atoms with Gasteiger partial charge in [0.05, 0.1) is 10.6 Å². The molecule has 1 aliphatic rings. The number of hydrogen-bond acceptors (Lipinski definition) is 3. The molecule has 0 saturated carbocycles. The minimum atomic E-state index is 0.440. The van der Waals surface area contributed by atoms with Crippen molar-refractivity contribution in [3.05, 3.63) is 28.8 Å². The second-order valence-corrected chi connectivity index (χ2v) is 4.99. The van der Waals surface area contributed by atoms with E-state index in [0.29, 0.717) is 22.7 Å². The van der Waals surface area contributed by atoms with E-state index in [1.54, 1.807) is 6.07 Å². The molecule has 3 nitrogen and oxygen atoms in total. The molecule has 1 aromatic carbocycles. The fraction of sp³-hybridized carbons (Fsp3) is 0.462. The first kappa shape index (κ1) is 12.2. The van der Waals surface area contributed by atoms with Crippen LogP contribution in [0.15, 0.2) is 18.2 Å². The second-order valence-electron chi connectivity index (χ2n) is 4.59. The molecule has 0 amide bonds. The molecule has 1 saturated heterocycles. The average Bonchev–Trinajstić information content (AvgIpc) is 2.32. The zero-order chi connectivity index (χ0) is 12.4. The van der Waals surface area contributed by atoms with E-state index in [-0.39, 0.29) is 0 Å².